The Morgan fingerprint density at radius 1 is 1.32 bits per heavy atom. The van der Waals surface area contributed by atoms with Crippen molar-refractivity contribution in [2.24, 2.45) is 5.73 Å². The summed E-state index contributed by atoms with van der Waals surface area (Å²) < 4.78 is 46.3. The van der Waals surface area contributed by atoms with Crippen LogP contribution in [0.15, 0.2) is 12.1 Å². The van der Waals surface area contributed by atoms with Crippen molar-refractivity contribution in [3.8, 4) is 11.5 Å². The highest BCUT2D eigenvalue weighted by Crippen LogP contribution is 2.37. The van der Waals surface area contributed by atoms with Crippen LogP contribution in [-0.4, -0.2) is 26.4 Å². The Morgan fingerprint density at radius 3 is 2.53 bits per heavy atom. The number of hydrogen-bond acceptors (Lipinski definition) is 3. The van der Waals surface area contributed by atoms with Crippen LogP contribution < -0.4 is 15.2 Å². The number of hydrogen-bond donors (Lipinski definition) is 1. The van der Waals surface area contributed by atoms with E-state index in [1.807, 2.05) is 0 Å². The molecule has 1 aromatic carbocycles. The first-order valence-electron chi connectivity index (χ1n) is 5.63. The molecule has 0 spiro atoms. The number of halogens is 4. The van der Waals surface area contributed by atoms with Crippen LogP contribution in [-0.2, 0) is 6.42 Å². The van der Waals surface area contributed by atoms with Gasteiger partial charge < -0.3 is 15.2 Å². The zero-order valence-electron chi connectivity index (χ0n) is 10.4. The van der Waals surface area contributed by atoms with Gasteiger partial charge in [0.05, 0.1) is 25.2 Å². The Hall–Kier alpha value is -1.14. The predicted octanol–water partition coefficient (Wildman–Crippen LogP) is 3.18. The topological polar surface area (TPSA) is 44.5 Å². The van der Waals surface area contributed by atoms with E-state index in [9.17, 15) is 13.2 Å². The molecule has 0 aliphatic carbocycles. The fraction of sp³-hybridized carbons (Fsp3) is 0.500. The molecule has 0 heterocycles. The normalized spacial score (nSPS) is 11.5. The van der Waals surface area contributed by atoms with E-state index in [1.165, 1.54) is 7.11 Å². The Kier molecular flexibility index (Phi) is 5.75. The first-order chi connectivity index (χ1) is 8.87. The van der Waals surface area contributed by atoms with E-state index in [2.05, 4.69) is 0 Å². The highest BCUT2D eigenvalue weighted by Gasteiger charge is 2.27. The molecule has 3 nitrogen and oxygen atoms in total. The maximum absolute atomic E-state index is 12.0. The van der Waals surface area contributed by atoms with Crippen LogP contribution in [0.4, 0.5) is 13.2 Å². The van der Waals surface area contributed by atoms with Gasteiger partial charge in [0.1, 0.15) is 0 Å². The van der Waals surface area contributed by atoms with Gasteiger partial charge in [-0.3, -0.25) is 0 Å². The highest BCUT2D eigenvalue weighted by atomic mass is 35.5. The fourth-order valence-electron chi connectivity index (χ4n) is 1.49. The summed E-state index contributed by atoms with van der Waals surface area (Å²) in [6.45, 7) is -0.0659. The van der Waals surface area contributed by atoms with Gasteiger partial charge in [0, 0.05) is 0 Å². The third-order valence-electron chi connectivity index (χ3n) is 2.35. The van der Waals surface area contributed by atoms with Gasteiger partial charge in [-0.1, -0.05) is 11.6 Å². The molecule has 0 bridgehead atoms. The van der Waals surface area contributed by atoms with Gasteiger partial charge in [-0.15, -0.1) is 0 Å². The monoisotopic (exact) mass is 297 g/mol. The van der Waals surface area contributed by atoms with Crippen LogP contribution in [0, 0.1) is 0 Å². The van der Waals surface area contributed by atoms with E-state index >= 15 is 0 Å². The maximum Gasteiger partial charge on any atom is 0.392 e. The molecule has 0 unspecified atom stereocenters. The SMILES string of the molecule is COc1cc(CCN)cc(Cl)c1OCCC(F)(F)F. The quantitative estimate of drug-likeness (QED) is 0.877. The molecule has 19 heavy (non-hydrogen) atoms. The lowest BCUT2D eigenvalue weighted by atomic mass is 10.1. The van der Waals surface area contributed by atoms with Crippen LogP contribution in [0.3, 0.4) is 0 Å². The number of methoxy groups -OCH3 is 1. The Labute approximate surface area is 114 Å². The fourth-order valence-corrected chi connectivity index (χ4v) is 1.78. The Bertz CT molecular complexity index is 424. The first kappa shape index (κ1) is 15.9. The second-order valence-electron chi connectivity index (χ2n) is 3.86. The second-order valence-corrected chi connectivity index (χ2v) is 4.27. The third kappa shape index (κ3) is 5.16. The predicted molar refractivity (Wildman–Crippen MR) is 66.9 cm³/mol. The van der Waals surface area contributed by atoms with Crippen molar-refractivity contribution in [3.63, 3.8) is 0 Å². The maximum atomic E-state index is 12.0. The van der Waals surface area contributed by atoms with Crippen molar-refractivity contribution in [1.82, 2.24) is 0 Å². The largest absolute Gasteiger partial charge is 0.493 e. The van der Waals surface area contributed by atoms with E-state index in [1.54, 1.807) is 12.1 Å². The smallest absolute Gasteiger partial charge is 0.392 e. The molecule has 0 aromatic heterocycles. The first-order valence-corrected chi connectivity index (χ1v) is 6.01. The number of ether oxygens (including phenoxy) is 2. The van der Waals surface area contributed by atoms with Crippen LogP contribution in [0.25, 0.3) is 0 Å². The van der Waals surface area contributed by atoms with Gasteiger partial charge in [-0.05, 0) is 30.7 Å². The van der Waals surface area contributed by atoms with E-state index in [-0.39, 0.29) is 10.8 Å². The average Bonchev–Trinajstić information content (AvgIpc) is 2.30. The van der Waals surface area contributed by atoms with Crippen molar-refractivity contribution in [2.75, 3.05) is 20.3 Å². The molecule has 0 atom stereocenters. The number of alkyl halides is 3. The van der Waals surface area contributed by atoms with Crippen LogP contribution >= 0.6 is 11.6 Å². The molecule has 0 fully saturated rings. The molecule has 2 N–H and O–H groups in total. The standard InChI is InChI=1S/C12H15ClF3NO2/c1-18-10-7-8(2-4-17)6-9(13)11(10)19-5-3-12(14,15)16/h6-7H,2-5,17H2,1H3. The summed E-state index contributed by atoms with van der Waals surface area (Å²) >= 11 is 5.97. The number of nitrogens with two attached hydrogens (primary N) is 1. The van der Waals surface area contributed by atoms with Gasteiger partial charge in [0.25, 0.3) is 0 Å². The highest BCUT2D eigenvalue weighted by molar-refractivity contribution is 6.32. The molecule has 1 rings (SSSR count). The van der Waals surface area contributed by atoms with Gasteiger partial charge in [-0.25, -0.2) is 0 Å². The molecule has 0 saturated heterocycles. The Morgan fingerprint density at radius 2 is 2.00 bits per heavy atom. The summed E-state index contributed by atoms with van der Waals surface area (Å²) in [5.41, 5.74) is 6.27. The zero-order valence-corrected chi connectivity index (χ0v) is 11.1. The third-order valence-corrected chi connectivity index (χ3v) is 2.63. The van der Waals surface area contributed by atoms with Crippen molar-refractivity contribution >= 4 is 11.6 Å². The van der Waals surface area contributed by atoms with Gasteiger partial charge >= 0.3 is 6.18 Å². The molecule has 0 aliphatic heterocycles. The summed E-state index contributed by atoms with van der Waals surface area (Å²) in [6.07, 6.45) is -4.71. The molecule has 1 aromatic rings. The van der Waals surface area contributed by atoms with E-state index in [0.717, 1.165) is 5.56 Å². The molecule has 0 amide bonds. The van der Waals surface area contributed by atoms with Crippen LogP contribution in [0.5, 0.6) is 11.5 Å². The van der Waals surface area contributed by atoms with E-state index < -0.39 is 19.2 Å². The minimum Gasteiger partial charge on any atom is -0.493 e. The lowest BCUT2D eigenvalue weighted by Crippen LogP contribution is -2.13. The van der Waals surface area contributed by atoms with E-state index in [4.69, 9.17) is 26.8 Å². The number of benzene rings is 1. The molecule has 0 saturated carbocycles. The van der Waals surface area contributed by atoms with Crippen molar-refractivity contribution in [2.45, 2.75) is 19.0 Å². The molecular formula is C12H15ClF3NO2. The molecule has 7 heteroatoms. The summed E-state index contributed by atoms with van der Waals surface area (Å²) in [5, 5.41) is 0.213. The minimum atomic E-state index is -4.26. The molecule has 0 aliphatic rings. The molecular weight excluding hydrogens is 283 g/mol. The summed E-state index contributed by atoms with van der Waals surface area (Å²) in [6, 6.07) is 3.27. The Balaban J connectivity index is 2.82. The van der Waals surface area contributed by atoms with Gasteiger partial charge in [0.15, 0.2) is 11.5 Å². The number of rotatable bonds is 6. The van der Waals surface area contributed by atoms with Crippen molar-refractivity contribution < 1.29 is 22.6 Å². The second kappa shape index (κ2) is 6.86. The van der Waals surface area contributed by atoms with Crippen LogP contribution in [0.2, 0.25) is 5.02 Å². The minimum absolute atomic E-state index is 0.120. The van der Waals surface area contributed by atoms with Crippen LogP contribution in [0.1, 0.15) is 12.0 Å². The zero-order chi connectivity index (χ0) is 14.5. The van der Waals surface area contributed by atoms with Gasteiger partial charge in [-0.2, -0.15) is 13.2 Å². The molecule has 0 radical (unpaired) electrons. The van der Waals surface area contributed by atoms with Crippen molar-refractivity contribution in [3.05, 3.63) is 22.7 Å². The lowest BCUT2D eigenvalue weighted by molar-refractivity contribution is -0.139. The van der Waals surface area contributed by atoms with E-state index in [0.29, 0.717) is 18.7 Å². The summed E-state index contributed by atoms with van der Waals surface area (Å²) in [4.78, 5) is 0. The summed E-state index contributed by atoms with van der Waals surface area (Å²) in [7, 11) is 1.40. The average molecular weight is 298 g/mol. The lowest BCUT2D eigenvalue weighted by Gasteiger charge is -2.14. The van der Waals surface area contributed by atoms with Gasteiger partial charge in [0.2, 0.25) is 0 Å². The molecule has 108 valence electrons. The summed E-state index contributed by atoms with van der Waals surface area (Å²) in [5.74, 6) is 0.423. The van der Waals surface area contributed by atoms with Crippen molar-refractivity contribution in [1.29, 1.82) is 0 Å².